The minimum absolute atomic E-state index is 0. The number of carbonyl (C=O) groups excluding carboxylic acids is 3. The number of benzene rings is 2. The Morgan fingerprint density at radius 3 is 2.68 bits per heavy atom. The summed E-state index contributed by atoms with van der Waals surface area (Å²) in [6.45, 7) is 2.96. The Hall–Kier alpha value is -3.38. The number of rotatable bonds is 12. The van der Waals surface area contributed by atoms with Gasteiger partial charge in [0, 0.05) is 56.4 Å². The number of ketones is 1. The number of amides is 2. The van der Waals surface area contributed by atoms with Crippen LogP contribution in [0.4, 0.5) is 4.79 Å². The van der Waals surface area contributed by atoms with Crippen LogP contribution in [0.15, 0.2) is 36.4 Å². The summed E-state index contributed by atoms with van der Waals surface area (Å²) in [6.07, 6.45) is 4.61. The zero-order valence-electron chi connectivity index (χ0n) is 27.6. The lowest BCUT2D eigenvalue weighted by Gasteiger charge is -2.60. The van der Waals surface area contributed by atoms with E-state index < -0.39 is 18.2 Å². The monoisotopic (exact) mass is 669 g/mol. The normalized spacial score (nSPS) is 27.1. The van der Waals surface area contributed by atoms with Gasteiger partial charge in [-0.3, -0.25) is 9.59 Å². The maximum atomic E-state index is 13.2. The van der Waals surface area contributed by atoms with E-state index >= 15 is 0 Å². The molecular formula is C35H48ClN5O6. The van der Waals surface area contributed by atoms with Gasteiger partial charge in [-0.05, 0) is 61.7 Å². The number of carbonyl (C=O) groups is 3. The number of halogens is 1. The van der Waals surface area contributed by atoms with E-state index in [1.807, 2.05) is 30.3 Å². The minimum Gasteiger partial charge on any atom is -1.00 e. The molecule has 256 valence electrons. The van der Waals surface area contributed by atoms with E-state index in [9.17, 15) is 14.4 Å². The second-order valence-electron chi connectivity index (χ2n) is 13.8. The molecule has 2 aromatic carbocycles. The Morgan fingerprint density at radius 1 is 1.19 bits per heavy atom. The van der Waals surface area contributed by atoms with Crippen LogP contribution in [0.25, 0.3) is 0 Å². The number of likely N-dealkylation sites (tertiary alicyclic amines) is 1. The van der Waals surface area contributed by atoms with Crippen molar-refractivity contribution in [2.75, 3.05) is 47.4 Å². The van der Waals surface area contributed by atoms with Crippen molar-refractivity contribution in [3.05, 3.63) is 53.1 Å². The van der Waals surface area contributed by atoms with Crippen LogP contribution < -0.4 is 43.4 Å². The highest BCUT2D eigenvalue weighted by Gasteiger charge is 2.69. The van der Waals surface area contributed by atoms with Crippen LogP contribution in [0.2, 0.25) is 0 Å². The third-order valence-electron chi connectivity index (χ3n) is 11.0. The molecule has 1 spiro atoms. The molecule has 5 unspecified atom stereocenters. The van der Waals surface area contributed by atoms with Crippen molar-refractivity contribution < 1.29 is 45.5 Å². The molecule has 2 aromatic rings. The molecule has 5 N–H and O–H groups in total. The number of Topliss-reactive ketones (excluding diaryl/α,β-unsaturated/α-hetero) is 1. The quantitative estimate of drug-likeness (QED) is 0.206. The molecule has 12 heteroatoms. The average molecular weight is 670 g/mol. The lowest BCUT2D eigenvalue weighted by atomic mass is 9.51. The first-order valence-corrected chi connectivity index (χ1v) is 16.6. The molecule has 2 aliphatic carbocycles. The van der Waals surface area contributed by atoms with Gasteiger partial charge in [-0.15, -0.1) is 0 Å². The molecule has 6 rings (SSSR count). The zero-order chi connectivity index (χ0) is 32.6. The van der Waals surface area contributed by atoms with Crippen molar-refractivity contribution in [1.29, 1.82) is 0 Å². The summed E-state index contributed by atoms with van der Waals surface area (Å²) in [7, 11) is 5.65. The molecule has 6 atom stereocenters. The van der Waals surface area contributed by atoms with Gasteiger partial charge in [-0.25, -0.2) is 4.79 Å². The molecule has 2 amide bonds. The highest BCUT2D eigenvalue weighted by Crippen LogP contribution is 2.64. The van der Waals surface area contributed by atoms with E-state index in [4.69, 9.17) is 25.7 Å². The standard InChI is InChI=1S/C35H47N5O6.ClH/c1-39(18-17-38-33(42)26(37)6-4-5-16-36)34(43)45-24-10-7-22(8-11-24)21-40(2)19-15-35-25-12-13-28(41)32(35)46-31-29(44-3)14-9-23(30(31)35)20-27(25)40;/h7-11,14,25-27,32H,4-6,12-13,15-21,36-37H2,1-3H3;1H/t25?,26-,27?,32?,35?,40?;/m0./s1. The number of unbranched alkanes of at least 4 members (excludes halogenated alkanes) is 1. The van der Waals surface area contributed by atoms with Crippen LogP contribution in [0.5, 0.6) is 17.2 Å². The molecule has 2 aliphatic heterocycles. The molecule has 47 heavy (non-hydrogen) atoms. The number of quaternary nitrogens is 1. The summed E-state index contributed by atoms with van der Waals surface area (Å²) in [6, 6.07) is 11.7. The number of nitrogens with zero attached hydrogens (tertiary/aromatic N) is 2. The highest BCUT2D eigenvalue weighted by atomic mass is 35.5. The predicted octanol–water partition coefficient (Wildman–Crippen LogP) is -0.345. The van der Waals surface area contributed by atoms with Crippen molar-refractivity contribution in [3.63, 3.8) is 0 Å². The van der Waals surface area contributed by atoms with Gasteiger partial charge in [-0.2, -0.15) is 0 Å². The molecule has 1 saturated heterocycles. The van der Waals surface area contributed by atoms with Gasteiger partial charge >= 0.3 is 6.09 Å². The van der Waals surface area contributed by atoms with Gasteiger partial charge in [-0.1, -0.05) is 12.5 Å². The first kappa shape index (κ1) is 34.9. The Balaban J connectivity index is 0.00000433. The molecule has 11 nitrogen and oxygen atoms in total. The maximum Gasteiger partial charge on any atom is 0.415 e. The number of hydrogen-bond donors (Lipinski definition) is 3. The molecule has 4 aliphatic rings. The lowest BCUT2D eigenvalue weighted by Crippen LogP contribution is -3.00. The van der Waals surface area contributed by atoms with Crippen molar-refractivity contribution >= 4 is 17.8 Å². The van der Waals surface area contributed by atoms with Crippen LogP contribution in [0, 0.1) is 5.92 Å². The number of nitrogens with two attached hydrogens (primary N) is 2. The van der Waals surface area contributed by atoms with Crippen molar-refractivity contribution in [2.45, 2.75) is 75.1 Å². The van der Waals surface area contributed by atoms with Gasteiger partial charge in [0.1, 0.15) is 12.3 Å². The van der Waals surface area contributed by atoms with Crippen LogP contribution in [-0.2, 0) is 28.0 Å². The first-order chi connectivity index (χ1) is 22.1. The summed E-state index contributed by atoms with van der Waals surface area (Å²) >= 11 is 0. The molecular weight excluding hydrogens is 622 g/mol. The second-order valence-corrected chi connectivity index (χ2v) is 13.8. The Bertz CT molecular complexity index is 1490. The molecule has 0 aromatic heterocycles. The number of piperidine rings is 1. The third kappa shape index (κ3) is 6.30. The Labute approximate surface area is 283 Å². The Kier molecular flexibility index (Phi) is 10.4. The van der Waals surface area contributed by atoms with Gasteiger partial charge in [0.15, 0.2) is 23.4 Å². The number of ether oxygens (including phenoxy) is 3. The van der Waals surface area contributed by atoms with Gasteiger partial charge in [0.05, 0.1) is 38.2 Å². The fourth-order valence-corrected chi connectivity index (χ4v) is 8.61. The van der Waals surface area contributed by atoms with E-state index in [-0.39, 0.29) is 36.1 Å². The molecule has 0 radical (unpaired) electrons. The number of nitrogens with one attached hydrogen (secondary N) is 1. The summed E-state index contributed by atoms with van der Waals surface area (Å²) in [5.74, 6) is 2.34. The minimum atomic E-state index is -0.579. The van der Waals surface area contributed by atoms with Gasteiger partial charge in [0.25, 0.3) is 0 Å². The second kappa shape index (κ2) is 14.0. The number of likely N-dealkylation sites (N-methyl/N-ethyl adjacent to an activating group) is 2. The molecule has 2 heterocycles. The van der Waals surface area contributed by atoms with Crippen LogP contribution in [0.3, 0.4) is 0 Å². The smallest absolute Gasteiger partial charge is 0.415 e. The SMILES string of the molecule is COc1ccc2c3c1OC1C(=O)CCC4C(C2)[N+](C)(Cc2ccc(OC(=O)N(C)CCNC(=O)[C@@H](N)CCCCN)cc2)CCC314.[Cl-]. The van der Waals surface area contributed by atoms with Crippen LogP contribution in [-0.4, -0.2) is 92.7 Å². The summed E-state index contributed by atoms with van der Waals surface area (Å²) in [4.78, 5) is 39.6. The van der Waals surface area contributed by atoms with E-state index in [1.54, 1.807) is 14.2 Å². The lowest BCUT2D eigenvalue weighted by molar-refractivity contribution is -0.957. The van der Waals surface area contributed by atoms with Crippen molar-refractivity contribution in [3.8, 4) is 17.2 Å². The zero-order valence-corrected chi connectivity index (χ0v) is 28.4. The van der Waals surface area contributed by atoms with Gasteiger partial charge in [0.2, 0.25) is 5.91 Å². The van der Waals surface area contributed by atoms with E-state index in [0.717, 1.165) is 61.2 Å². The fourth-order valence-electron chi connectivity index (χ4n) is 8.61. The van der Waals surface area contributed by atoms with Gasteiger partial charge < -0.3 is 52.8 Å². The highest BCUT2D eigenvalue weighted by molar-refractivity contribution is 5.89. The predicted molar refractivity (Wildman–Crippen MR) is 173 cm³/mol. The van der Waals surface area contributed by atoms with E-state index in [1.165, 1.54) is 21.6 Å². The third-order valence-corrected chi connectivity index (χ3v) is 11.0. The van der Waals surface area contributed by atoms with E-state index in [0.29, 0.717) is 43.6 Å². The first-order valence-electron chi connectivity index (χ1n) is 16.6. The summed E-state index contributed by atoms with van der Waals surface area (Å²) < 4.78 is 18.6. The number of hydrogen-bond acceptors (Lipinski definition) is 8. The molecule has 2 bridgehead atoms. The van der Waals surface area contributed by atoms with Crippen molar-refractivity contribution in [1.82, 2.24) is 10.2 Å². The molecule has 1 saturated carbocycles. The topological polar surface area (TPSA) is 146 Å². The largest absolute Gasteiger partial charge is 1.00 e. The van der Waals surface area contributed by atoms with Crippen LogP contribution >= 0.6 is 0 Å². The van der Waals surface area contributed by atoms with Crippen molar-refractivity contribution in [2.24, 2.45) is 17.4 Å². The summed E-state index contributed by atoms with van der Waals surface area (Å²) in [5, 5.41) is 2.78. The number of methoxy groups -OCH3 is 1. The average Bonchev–Trinajstić information content (AvgIpc) is 3.41. The van der Waals surface area contributed by atoms with Crippen LogP contribution in [0.1, 0.15) is 55.2 Å². The van der Waals surface area contributed by atoms with E-state index in [2.05, 4.69) is 18.4 Å². The Morgan fingerprint density at radius 2 is 1.96 bits per heavy atom. The fraction of sp³-hybridized carbons (Fsp3) is 0.571. The summed E-state index contributed by atoms with van der Waals surface area (Å²) in [5.41, 5.74) is 14.9. The maximum absolute atomic E-state index is 13.2. The molecule has 2 fully saturated rings.